The quantitative estimate of drug-likeness (QED) is 0.243. The van der Waals surface area contributed by atoms with Crippen molar-refractivity contribution in [2.24, 2.45) is 22.7 Å². The number of benzene rings is 3. The van der Waals surface area contributed by atoms with E-state index >= 15 is 0 Å². The average molecular weight is 507 g/mol. The van der Waals surface area contributed by atoms with Gasteiger partial charge in [-0.15, -0.1) is 0 Å². The zero-order chi connectivity index (χ0) is 26.8. The number of hydrogen-bond acceptors (Lipinski definition) is 5. The maximum atomic E-state index is 14.6. The zero-order valence-electron chi connectivity index (χ0n) is 21.1. The summed E-state index contributed by atoms with van der Waals surface area (Å²) in [5.74, 6) is -2.80. The molecule has 3 aromatic rings. The summed E-state index contributed by atoms with van der Waals surface area (Å²) in [5.41, 5.74) is 0.886. The third-order valence-corrected chi connectivity index (χ3v) is 8.62. The van der Waals surface area contributed by atoms with Crippen LogP contribution in [0.1, 0.15) is 37.8 Å². The van der Waals surface area contributed by atoms with Crippen molar-refractivity contribution in [2.75, 3.05) is 4.90 Å². The van der Waals surface area contributed by atoms with Crippen molar-refractivity contribution >= 4 is 40.1 Å². The first-order valence-corrected chi connectivity index (χ1v) is 12.8. The topological polar surface area (TPSA) is 97.6 Å². The predicted molar refractivity (Wildman–Crippen MR) is 143 cm³/mol. The summed E-state index contributed by atoms with van der Waals surface area (Å²) in [6.07, 6.45) is 1.06. The SMILES string of the molecule is CCC[C@@]12C(=O)[C@@](C)(C(c3ccccc3)=C1c1ccccc1)[C@@H]1C(=O)N(c3cccc([N+](=O)[O-])c3)C(=O)[C@H]12. The largest absolute Gasteiger partial charge is 0.298 e. The molecule has 0 unspecified atom stereocenters. The van der Waals surface area contributed by atoms with Crippen LogP contribution in [0.25, 0.3) is 11.1 Å². The summed E-state index contributed by atoms with van der Waals surface area (Å²) in [6, 6.07) is 24.9. The van der Waals surface area contributed by atoms with E-state index in [4.69, 9.17) is 0 Å². The van der Waals surface area contributed by atoms with Gasteiger partial charge in [0.25, 0.3) is 5.69 Å². The molecule has 38 heavy (non-hydrogen) atoms. The van der Waals surface area contributed by atoms with Crippen LogP contribution in [0.2, 0.25) is 0 Å². The fraction of sp³-hybridized carbons (Fsp3) is 0.258. The Hall–Kier alpha value is -4.39. The van der Waals surface area contributed by atoms with E-state index in [1.807, 2.05) is 74.5 Å². The molecule has 6 rings (SSSR count). The number of nitrogens with zero attached hydrogens (tertiary/aromatic N) is 2. The van der Waals surface area contributed by atoms with Crippen LogP contribution in [0.5, 0.6) is 0 Å². The van der Waals surface area contributed by atoms with E-state index in [9.17, 15) is 24.5 Å². The van der Waals surface area contributed by atoms with Gasteiger partial charge in [0.1, 0.15) is 0 Å². The summed E-state index contributed by atoms with van der Waals surface area (Å²) in [4.78, 5) is 54.9. The lowest BCUT2D eigenvalue weighted by molar-refractivity contribution is -0.384. The molecule has 0 N–H and O–H groups in total. The number of non-ortho nitro benzene ring substituents is 1. The monoisotopic (exact) mass is 506 g/mol. The summed E-state index contributed by atoms with van der Waals surface area (Å²) < 4.78 is 0. The number of carbonyl (C=O) groups excluding carboxylic acids is 3. The minimum atomic E-state index is -1.23. The van der Waals surface area contributed by atoms with Crippen LogP contribution in [0.15, 0.2) is 84.9 Å². The van der Waals surface area contributed by atoms with E-state index in [0.29, 0.717) is 12.8 Å². The molecular weight excluding hydrogens is 480 g/mol. The second kappa shape index (κ2) is 8.31. The van der Waals surface area contributed by atoms with Gasteiger partial charge in [-0.1, -0.05) is 80.1 Å². The third kappa shape index (κ3) is 2.87. The highest BCUT2D eigenvalue weighted by Gasteiger charge is 2.80. The number of anilines is 1. The van der Waals surface area contributed by atoms with Crippen LogP contribution >= 0.6 is 0 Å². The highest BCUT2D eigenvalue weighted by atomic mass is 16.6. The first-order chi connectivity index (χ1) is 18.3. The summed E-state index contributed by atoms with van der Waals surface area (Å²) in [7, 11) is 0. The highest BCUT2D eigenvalue weighted by molar-refractivity contribution is 6.34. The molecule has 190 valence electrons. The normalized spacial score (nSPS) is 27.8. The van der Waals surface area contributed by atoms with E-state index in [0.717, 1.165) is 27.2 Å². The van der Waals surface area contributed by atoms with E-state index in [2.05, 4.69) is 0 Å². The smallest absolute Gasteiger partial charge is 0.271 e. The van der Waals surface area contributed by atoms with Gasteiger partial charge in [-0.25, -0.2) is 4.90 Å². The lowest BCUT2D eigenvalue weighted by Gasteiger charge is -2.37. The molecule has 2 fully saturated rings. The molecule has 3 aromatic carbocycles. The molecule has 2 amide bonds. The van der Waals surface area contributed by atoms with Crippen molar-refractivity contribution in [1.82, 2.24) is 0 Å². The van der Waals surface area contributed by atoms with Crippen LogP contribution < -0.4 is 4.90 Å². The molecule has 2 bridgehead atoms. The Balaban J connectivity index is 1.63. The van der Waals surface area contributed by atoms with Crippen molar-refractivity contribution in [1.29, 1.82) is 0 Å². The zero-order valence-corrected chi connectivity index (χ0v) is 21.1. The third-order valence-electron chi connectivity index (χ3n) is 8.62. The molecule has 0 aromatic heterocycles. The fourth-order valence-corrected chi connectivity index (χ4v) is 7.36. The molecule has 1 heterocycles. The minimum absolute atomic E-state index is 0.0834. The summed E-state index contributed by atoms with van der Waals surface area (Å²) in [6.45, 7) is 3.79. The van der Waals surface area contributed by atoms with Crippen molar-refractivity contribution in [3.63, 3.8) is 0 Å². The van der Waals surface area contributed by atoms with Gasteiger partial charge in [-0.05, 0) is 41.7 Å². The Morgan fingerprint density at radius 3 is 1.97 bits per heavy atom. The van der Waals surface area contributed by atoms with Gasteiger partial charge in [-0.3, -0.25) is 24.5 Å². The maximum absolute atomic E-state index is 14.6. The van der Waals surface area contributed by atoms with Crippen LogP contribution in [0, 0.1) is 32.8 Å². The Labute approximate surface area is 219 Å². The Morgan fingerprint density at radius 2 is 1.39 bits per heavy atom. The van der Waals surface area contributed by atoms with Crippen LogP contribution in [0.3, 0.4) is 0 Å². The number of amides is 2. The van der Waals surface area contributed by atoms with Gasteiger partial charge in [0.2, 0.25) is 11.8 Å². The maximum Gasteiger partial charge on any atom is 0.271 e. The Morgan fingerprint density at radius 1 is 0.816 bits per heavy atom. The number of imide groups is 1. The van der Waals surface area contributed by atoms with Gasteiger partial charge in [0, 0.05) is 12.1 Å². The van der Waals surface area contributed by atoms with Gasteiger partial charge < -0.3 is 0 Å². The second-order valence-electron chi connectivity index (χ2n) is 10.5. The molecule has 1 saturated carbocycles. The Kier molecular flexibility index (Phi) is 5.24. The molecular formula is C31H26N2O5. The van der Waals surface area contributed by atoms with Crippen LogP contribution in [0.4, 0.5) is 11.4 Å². The number of nitro groups is 1. The lowest BCUT2D eigenvalue weighted by atomic mass is 9.61. The van der Waals surface area contributed by atoms with Gasteiger partial charge in [0.15, 0.2) is 5.78 Å². The number of ketones is 1. The Bertz CT molecular complexity index is 1550. The molecule has 7 nitrogen and oxygen atoms in total. The first-order valence-electron chi connectivity index (χ1n) is 12.8. The number of hydrogen-bond donors (Lipinski definition) is 0. The summed E-state index contributed by atoms with van der Waals surface area (Å²) >= 11 is 0. The van der Waals surface area contributed by atoms with E-state index < -0.39 is 39.4 Å². The first kappa shape index (κ1) is 24.0. The molecule has 2 aliphatic carbocycles. The number of rotatable bonds is 6. The van der Waals surface area contributed by atoms with E-state index in [1.54, 1.807) is 0 Å². The lowest BCUT2D eigenvalue weighted by Crippen LogP contribution is -2.41. The number of allylic oxidation sites excluding steroid dienone is 2. The van der Waals surface area contributed by atoms with E-state index in [1.165, 1.54) is 24.3 Å². The molecule has 1 aliphatic heterocycles. The standard InChI is InChI=1S/C31H26N2O5/c1-3-17-31-24(20-13-8-5-9-14-20)23(19-11-6-4-7-12-19)30(2,29(31)36)25-26(31)28(35)32(27(25)34)21-15-10-16-22(18-21)33(37)38/h4-16,18,25-26H,3,17H2,1-2H3/t25-,26-,30-,31+/m0/s1. The molecule has 3 aliphatic rings. The van der Waals surface area contributed by atoms with Crippen molar-refractivity contribution in [3.05, 3.63) is 106 Å². The van der Waals surface area contributed by atoms with Gasteiger partial charge in [-0.2, -0.15) is 0 Å². The molecule has 1 saturated heterocycles. The van der Waals surface area contributed by atoms with Crippen molar-refractivity contribution in [2.45, 2.75) is 26.7 Å². The van der Waals surface area contributed by atoms with Crippen LogP contribution in [-0.2, 0) is 14.4 Å². The highest BCUT2D eigenvalue weighted by Crippen LogP contribution is 2.75. The van der Waals surface area contributed by atoms with Crippen LogP contribution in [-0.4, -0.2) is 22.5 Å². The van der Waals surface area contributed by atoms with Gasteiger partial charge in [0.05, 0.1) is 33.3 Å². The predicted octanol–water partition coefficient (Wildman–Crippen LogP) is 5.70. The molecule has 0 spiro atoms. The second-order valence-corrected chi connectivity index (χ2v) is 10.5. The summed E-state index contributed by atoms with van der Waals surface area (Å²) in [5, 5.41) is 11.4. The molecule has 7 heteroatoms. The fourth-order valence-electron chi connectivity index (χ4n) is 7.36. The van der Waals surface area contributed by atoms with E-state index in [-0.39, 0.29) is 17.2 Å². The number of nitro benzene ring substituents is 1. The molecule has 0 radical (unpaired) electrons. The number of fused-ring (bicyclic) bond motifs is 5. The minimum Gasteiger partial charge on any atom is -0.298 e. The average Bonchev–Trinajstić information content (AvgIpc) is 3.39. The number of carbonyl (C=O) groups is 3. The molecule has 4 atom stereocenters. The van der Waals surface area contributed by atoms with Gasteiger partial charge >= 0.3 is 0 Å². The van der Waals surface area contributed by atoms with Crippen molar-refractivity contribution < 1.29 is 19.3 Å². The number of Topliss-reactive ketones (excluding diaryl/α,β-unsaturated/α-hetero) is 1. The van der Waals surface area contributed by atoms with Crippen molar-refractivity contribution in [3.8, 4) is 0 Å².